The molecule has 2 atom stereocenters. The number of benzene rings is 1. The first-order valence-corrected chi connectivity index (χ1v) is 7.15. The molecule has 0 aliphatic rings. The van der Waals surface area contributed by atoms with Crippen molar-refractivity contribution in [3.05, 3.63) is 58.5 Å². The van der Waals surface area contributed by atoms with E-state index in [1.807, 2.05) is 36.4 Å². The monoisotopic (exact) mass is 323 g/mol. The molecule has 0 aliphatic heterocycles. The molecule has 0 spiro atoms. The minimum atomic E-state index is -0.122. The lowest BCUT2D eigenvalue weighted by atomic mass is 10.0. The Kier molecular flexibility index (Phi) is 5.19. The van der Waals surface area contributed by atoms with E-state index in [0.29, 0.717) is 6.61 Å². The van der Waals surface area contributed by atoms with E-state index in [-0.39, 0.29) is 12.1 Å². The molecule has 2 rings (SSSR count). The average Bonchev–Trinajstić information content (AvgIpc) is 2.93. The normalized spacial score (nSPS) is 14.3. The summed E-state index contributed by atoms with van der Waals surface area (Å²) in [6, 6.07) is 11.8. The van der Waals surface area contributed by atoms with Crippen LogP contribution in [0.2, 0.25) is 0 Å². The van der Waals surface area contributed by atoms with Crippen molar-refractivity contribution in [1.82, 2.24) is 0 Å². The van der Waals surface area contributed by atoms with Gasteiger partial charge in [-0.1, -0.05) is 35.0 Å². The zero-order valence-corrected chi connectivity index (χ0v) is 12.5. The van der Waals surface area contributed by atoms with Gasteiger partial charge in [-0.2, -0.15) is 0 Å². The minimum absolute atomic E-state index is 0.0314. The van der Waals surface area contributed by atoms with Crippen molar-refractivity contribution in [3.8, 4) is 0 Å². The van der Waals surface area contributed by atoms with Crippen molar-refractivity contribution >= 4 is 15.9 Å². The van der Waals surface area contributed by atoms with Crippen LogP contribution in [0.4, 0.5) is 0 Å². The molecule has 19 heavy (non-hydrogen) atoms. The van der Waals surface area contributed by atoms with Crippen LogP contribution in [-0.4, -0.2) is 6.04 Å². The van der Waals surface area contributed by atoms with E-state index in [9.17, 15) is 0 Å². The van der Waals surface area contributed by atoms with Crippen molar-refractivity contribution in [2.45, 2.75) is 32.1 Å². The molecular weight excluding hydrogens is 306 g/mol. The summed E-state index contributed by atoms with van der Waals surface area (Å²) in [4.78, 5) is 0. The summed E-state index contributed by atoms with van der Waals surface area (Å²) in [7, 11) is 0. The highest BCUT2D eigenvalue weighted by Gasteiger charge is 2.19. The molecule has 0 radical (unpaired) electrons. The van der Waals surface area contributed by atoms with Gasteiger partial charge in [0.15, 0.2) is 0 Å². The third-order valence-corrected chi connectivity index (χ3v) is 3.57. The van der Waals surface area contributed by atoms with Crippen LogP contribution in [0.1, 0.15) is 30.8 Å². The zero-order chi connectivity index (χ0) is 13.7. The van der Waals surface area contributed by atoms with Gasteiger partial charge in [-0.3, -0.25) is 0 Å². The van der Waals surface area contributed by atoms with Crippen molar-refractivity contribution in [2.24, 2.45) is 5.73 Å². The summed E-state index contributed by atoms with van der Waals surface area (Å²) < 4.78 is 12.3. The number of nitrogens with two attached hydrogens (primary N) is 1. The molecule has 102 valence electrons. The fourth-order valence-corrected chi connectivity index (χ4v) is 2.16. The number of hydrogen-bond donors (Lipinski definition) is 1. The number of ether oxygens (including phenoxy) is 1. The zero-order valence-electron chi connectivity index (χ0n) is 10.9. The van der Waals surface area contributed by atoms with Crippen molar-refractivity contribution < 1.29 is 9.15 Å². The van der Waals surface area contributed by atoms with Gasteiger partial charge in [0.1, 0.15) is 12.4 Å². The van der Waals surface area contributed by atoms with Gasteiger partial charge in [0.25, 0.3) is 0 Å². The van der Waals surface area contributed by atoms with Gasteiger partial charge in [-0.05, 0) is 36.2 Å². The molecule has 0 fully saturated rings. The van der Waals surface area contributed by atoms with E-state index < -0.39 is 0 Å². The van der Waals surface area contributed by atoms with E-state index in [2.05, 4.69) is 22.9 Å². The topological polar surface area (TPSA) is 48.4 Å². The summed E-state index contributed by atoms with van der Waals surface area (Å²) in [5, 5.41) is 0. The summed E-state index contributed by atoms with van der Waals surface area (Å²) in [6.45, 7) is 2.49. The molecule has 4 heteroatoms. The molecule has 0 saturated heterocycles. The van der Waals surface area contributed by atoms with Gasteiger partial charge in [0.05, 0.1) is 12.4 Å². The highest BCUT2D eigenvalue weighted by molar-refractivity contribution is 9.10. The predicted molar refractivity (Wildman–Crippen MR) is 78.6 cm³/mol. The molecule has 3 nitrogen and oxygen atoms in total. The summed E-state index contributed by atoms with van der Waals surface area (Å²) in [6.07, 6.45) is 2.38. The third-order valence-electron chi connectivity index (χ3n) is 3.04. The Morgan fingerprint density at radius 3 is 2.58 bits per heavy atom. The van der Waals surface area contributed by atoms with Crippen LogP contribution < -0.4 is 5.73 Å². The predicted octanol–water partition coefficient (Wildman–Crippen LogP) is 4.04. The van der Waals surface area contributed by atoms with Gasteiger partial charge in [0, 0.05) is 10.5 Å². The average molecular weight is 324 g/mol. The maximum absolute atomic E-state index is 6.16. The lowest BCUT2D eigenvalue weighted by Crippen LogP contribution is -2.29. The van der Waals surface area contributed by atoms with Crippen LogP contribution in [0.15, 0.2) is 51.6 Å². The van der Waals surface area contributed by atoms with Gasteiger partial charge in [-0.25, -0.2) is 0 Å². The van der Waals surface area contributed by atoms with Crippen LogP contribution in [-0.2, 0) is 11.3 Å². The Balaban J connectivity index is 2.09. The first kappa shape index (κ1) is 14.3. The maximum atomic E-state index is 6.16. The Bertz CT molecular complexity index is 481. The van der Waals surface area contributed by atoms with E-state index in [1.165, 1.54) is 0 Å². The molecule has 1 aromatic carbocycles. The smallest absolute Gasteiger partial charge is 0.129 e. The van der Waals surface area contributed by atoms with Crippen molar-refractivity contribution in [1.29, 1.82) is 0 Å². The molecular formula is C15H18BrNO2. The second-order valence-electron chi connectivity index (χ2n) is 4.43. The molecule has 0 amide bonds. The minimum Gasteiger partial charge on any atom is -0.467 e. The van der Waals surface area contributed by atoms with Crippen LogP contribution in [0.3, 0.4) is 0 Å². The van der Waals surface area contributed by atoms with Crippen molar-refractivity contribution in [2.75, 3.05) is 0 Å². The second-order valence-corrected chi connectivity index (χ2v) is 5.35. The van der Waals surface area contributed by atoms with Gasteiger partial charge in [0.2, 0.25) is 0 Å². The second kappa shape index (κ2) is 6.89. The van der Waals surface area contributed by atoms with E-state index in [0.717, 1.165) is 22.2 Å². The fourth-order valence-electron chi connectivity index (χ4n) is 1.90. The summed E-state index contributed by atoms with van der Waals surface area (Å²) in [5.41, 5.74) is 7.25. The Hall–Kier alpha value is -1.10. The lowest BCUT2D eigenvalue weighted by Gasteiger charge is -2.23. The summed E-state index contributed by atoms with van der Waals surface area (Å²) in [5.74, 6) is 0.811. The molecule has 2 aromatic rings. The molecule has 1 aromatic heterocycles. The molecule has 0 aliphatic carbocycles. The van der Waals surface area contributed by atoms with Gasteiger partial charge >= 0.3 is 0 Å². The van der Waals surface area contributed by atoms with E-state index >= 15 is 0 Å². The maximum Gasteiger partial charge on any atom is 0.129 e. The lowest BCUT2D eigenvalue weighted by molar-refractivity contribution is 0.0126. The van der Waals surface area contributed by atoms with Gasteiger partial charge in [-0.15, -0.1) is 0 Å². The third kappa shape index (κ3) is 3.93. The van der Waals surface area contributed by atoms with Crippen LogP contribution >= 0.6 is 15.9 Å². The van der Waals surface area contributed by atoms with E-state index in [1.54, 1.807) is 6.26 Å². The van der Waals surface area contributed by atoms with Crippen LogP contribution in [0.25, 0.3) is 0 Å². The SMILES string of the molecule is CCC(N)C(OCc1ccco1)c1ccc(Br)cc1. The first-order valence-electron chi connectivity index (χ1n) is 6.35. The number of hydrogen-bond acceptors (Lipinski definition) is 3. The van der Waals surface area contributed by atoms with Crippen LogP contribution in [0, 0.1) is 0 Å². The standard InChI is InChI=1S/C15H18BrNO2/c1-2-14(17)15(11-5-7-12(16)8-6-11)19-10-13-4-3-9-18-13/h3-9,14-15H,2,10,17H2,1H3. The fraction of sp³-hybridized carbons (Fsp3) is 0.333. The molecule has 1 heterocycles. The van der Waals surface area contributed by atoms with Gasteiger partial charge < -0.3 is 14.9 Å². The molecule has 2 unspecified atom stereocenters. The number of furan rings is 1. The number of rotatable bonds is 6. The highest BCUT2D eigenvalue weighted by Crippen LogP contribution is 2.25. The first-order chi connectivity index (χ1) is 9.20. The Morgan fingerprint density at radius 2 is 2.00 bits per heavy atom. The largest absolute Gasteiger partial charge is 0.467 e. The van der Waals surface area contributed by atoms with Crippen molar-refractivity contribution in [3.63, 3.8) is 0 Å². The number of halogens is 1. The molecule has 0 saturated carbocycles. The molecule has 2 N–H and O–H groups in total. The Morgan fingerprint density at radius 1 is 1.26 bits per heavy atom. The summed E-state index contributed by atoms with van der Waals surface area (Å²) >= 11 is 3.43. The highest BCUT2D eigenvalue weighted by atomic mass is 79.9. The Labute approximate surface area is 121 Å². The van der Waals surface area contributed by atoms with Crippen LogP contribution in [0.5, 0.6) is 0 Å². The quantitative estimate of drug-likeness (QED) is 0.872. The molecule has 0 bridgehead atoms. The van der Waals surface area contributed by atoms with E-state index in [4.69, 9.17) is 14.9 Å².